The van der Waals surface area contributed by atoms with Crippen LogP contribution in [-0.2, 0) is 0 Å². The fourth-order valence-electron chi connectivity index (χ4n) is 5.98. The third kappa shape index (κ3) is 2.27. The van der Waals surface area contributed by atoms with E-state index < -0.39 is 0 Å². The van der Waals surface area contributed by atoms with Gasteiger partial charge in [-0.1, -0.05) is 52.4 Å². The molecule has 0 saturated carbocycles. The lowest BCUT2D eigenvalue weighted by Gasteiger charge is -2.51. The van der Waals surface area contributed by atoms with Crippen LogP contribution in [0.4, 0.5) is 10.1 Å². The minimum absolute atomic E-state index is 0.0780. The zero-order valence-corrected chi connectivity index (χ0v) is 16.6. The molecular weight excluding hydrogens is 401 g/mol. The van der Waals surface area contributed by atoms with Gasteiger partial charge in [-0.15, -0.1) is 0 Å². The molecule has 27 heavy (non-hydrogen) atoms. The quantitative estimate of drug-likeness (QED) is 0.476. The molecule has 2 aliphatic carbocycles. The summed E-state index contributed by atoms with van der Waals surface area (Å²) in [5.41, 5.74) is 5.10. The predicted octanol–water partition coefficient (Wildman–Crippen LogP) is 6.48. The van der Waals surface area contributed by atoms with Gasteiger partial charge in [0.25, 0.3) is 0 Å². The van der Waals surface area contributed by atoms with Crippen LogP contribution < -0.4 is 4.90 Å². The highest BCUT2D eigenvalue weighted by atomic mass is 79.9. The van der Waals surface area contributed by atoms with E-state index >= 15 is 0 Å². The number of fused-ring (bicyclic) bond motifs is 4. The Morgan fingerprint density at radius 2 is 1.63 bits per heavy atom. The summed E-state index contributed by atoms with van der Waals surface area (Å²) in [4.78, 5) is 2.62. The normalized spacial score (nSPS) is 32.4. The Morgan fingerprint density at radius 3 is 2.44 bits per heavy atom. The molecule has 0 saturated heterocycles. The number of hydrogen-bond acceptors (Lipinski definition) is 1. The van der Waals surface area contributed by atoms with Crippen molar-refractivity contribution in [3.8, 4) is 0 Å². The van der Waals surface area contributed by atoms with Gasteiger partial charge < -0.3 is 4.90 Å². The van der Waals surface area contributed by atoms with E-state index in [1.807, 2.05) is 0 Å². The van der Waals surface area contributed by atoms with Crippen LogP contribution in [0.2, 0.25) is 0 Å². The third-order valence-electron chi connectivity index (χ3n) is 7.03. The molecule has 2 aromatic carbocycles. The zero-order chi connectivity index (χ0) is 18.1. The van der Waals surface area contributed by atoms with E-state index in [-0.39, 0.29) is 5.82 Å². The van der Waals surface area contributed by atoms with Gasteiger partial charge in [-0.3, -0.25) is 0 Å². The average Bonchev–Trinajstić information content (AvgIpc) is 3.32. The first-order chi connectivity index (χ1) is 13.2. The van der Waals surface area contributed by atoms with Crippen LogP contribution in [0.5, 0.6) is 0 Å². The standard InChI is InChI=1S/C24H21BrFN/c25-16-9-7-14(8-10-16)23-20-6-2-5-19(20)22-12-17(26)11-21-18-4-1-3-15(18)13-27(23)24(21)22/h1-2,4-5,7-12,15,18-20,23H,3,6,13H2/t15-,18+,19+,20-,23+/m1/s1. The first-order valence-electron chi connectivity index (χ1n) is 9.89. The SMILES string of the molecule is Fc1cc2c3c(c1)[C@H]1C=CC[C@H]1[C@H](c1ccc(Br)cc1)N3C[C@H]1CC=C[C@H]21. The highest BCUT2D eigenvalue weighted by Crippen LogP contribution is 2.58. The smallest absolute Gasteiger partial charge is 0.123 e. The van der Waals surface area contributed by atoms with Gasteiger partial charge in [0.05, 0.1) is 6.04 Å². The van der Waals surface area contributed by atoms with Crippen LogP contribution in [0.1, 0.15) is 47.4 Å². The summed E-state index contributed by atoms with van der Waals surface area (Å²) in [6.07, 6.45) is 11.4. The van der Waals surface area contributed by atoms with E-state index in [0.29, 0.717) is 29.7 Å². The van der Waals surface area contributed by atoms with Gasteiger partial charge in [0.1, 0.15) is 5.82 Å². The van der Waals surface area contributed by atoms with Crippen molar-refractivity contribution in [1.82, 2.24) is 0 Å². The Morgan fingerprint density at radius 1 is 0.926 bits per heavy atom. The minimum atomic E-state index is -0.0780. The van der Waals surface area contributed by atoms with Gasteiger partial charge in [-0.05, 0) is 65.6 Å². The average molecular weight is 422 g/mol. The van der Waals surface area contributed by atoms with E-state index in [2.05, 4.69) is 69.4 Å². The summed E-state index contributed by atoms with van der Waals surface area (Å²) in [6.45, 7) is 1.06. The third-order valence-corrected chi connectivity index (χ3v) is 7.55. The fraction of sp³-hybridized carbons (Fsp3) is 0.333. The molecule has 3 heteroatoms. The summed E-state index contributed by atoms with van der Waals surface area (Å²) in [6, 6.07) is 12.8. The van der Waals surface area contributed by atoms with Crippen molar-refractivity contribution in [1.29, 1.82) is 0 Å². The van der Waals surface area contributed by atoms with Crippen LogP contribution in [0, 0.1) is 17.7 Å². The molecule has 2 heterocycles. The molecule has 0 amide bonds. The van der Waals surface area contributed by atoms with Crippen molar-refractivity contribution >= 4 is 21.6 Å². The molecule has 2 aliphatic heterocycles. The molecular formula is C24H21BrFN. The fourth-order valence-corrected chi connectivity index (χ4v) is 6.24. The van der Waals surface area contributed by atoms with Gasteiger partial charge in [0, 0.05) is 28.5 Å². The second-order valence-corrected chi connectivity index (χ2v) is 9.30. The van der Waals surface area contributed by atoms with Crippen LogP contribution >= 0.6 is 15.9 Å². The summed E-state index contributed by atoms with van der Waals surface area (Å²) in [5.74, 6) is 1.67. The van der Waals surface area contributed by atoms with E-state index in [0.717, 1.165) is 23.9 Å². The van der Waals surface area contributed by atoms with Crippen molar-refractivity contribution in [2.75, 3.05) is 11.4 Å². The van der Waals surface area contributed by atoms with Gasteiger partial charge in [-0.2, -0.15) is 0 Å². The summed E-state index contributed by atoms with van der Waals surface area (Å²) in [7, 11) is 0. The second kappa shape index (κ2) is 5.81. The van der Waals surface area contributed by atoms with Gasteiger partial charge >= 0.3 is 0 Å². The van der Waals surface area contributed by atoms with Crippen LogP contribution in [-0.4, -0.2) is 6.54 Å². The van der Waals surface area contributed by atoms with E-state index in [1.54, 1.807) is 12.1 Å². The number of benzene rings is 2. The number of halogens is 2. The van der Waals surface area contributed by atoms with E-state index in [1.165, 1.54) is 22.4 Å². The van der Waals surface area contributed by atoms with Crippen LogP contribution in [0.3, 0.4) is 0 Å². The first kappa shape index (κ1) is 16.1. The van der Waals surface area contributed by atoms with Gasteiger partial charge in [0.2, 0.25) is 0 Å². The van der Waals surface area contributed by atoms with Crippen molar-refractivity contribution in [2.24, 2.45) is 11.8 Å². The molecule has 0 aromatic heterocycles. The molecule has 5 atom stereocenters. The maximum atomic E-state index is 14.6. The topological polar surface area (TPSA) is 3.24 Å². The van der Waals surface area contributed by atoms with Crippen molar-refractivity contribution in [3.63, 3.8) is 0 Å². The molecule has 4 aliphatic rings. The number of hydrogen-bond donors (Lipinski definition) is 0. The minimum Gasteiger partial charge on any atom is -0.363 e. The van der Waals surface area contributed by atoms with Crippen LogP contribution in [0.15, 0.2) is 65.2 Å². The maximum absolute atomic E-state index is 14.6. The summed E-state index contributed by atoms with van der Waals surface area (Å²) < 4.78 is 15.7. The second-order valence-electron chi connectivity index (χ2n) is 8.38. The van der Waals surface area contributed by atoms with Crippen molar-refractivity contribution in [3.05, 3.63) is 87.7 Å². The summed E-state index contributed by atoms with van der Waals surface area (Å²) >= 11 is 3.58. The molecule has 6 rings (SSSR count). The molecule has 0 N–H and O–H groups in total. The van der Waals surface area contributed by atoms with E-state index in [4.69, 9.17) is 0 Å². The molecule has 2 aromatic rings. The molecule has 0 fully saturated rings. The molecule has 0 radical (unpaired) electrons. The number of allylic oxidation sites excluding steroid dienone is 4. The summed E-state index contributed by atoms with van der Waals surface area (Å²) in [5, 5.41) is 0. The molecule has 0 bridgehead atoms. The lowest BCUT2D eigenvalue weighted by atomic mass is 9.70. The lowest BCUT2D eigenvalue weighted by molar-refractivity contribution is 0.333. The van der Waals surface area contributed by atoms with Gasteiger partial charge in [-0.25, -0.2) is 4.39 Å². The predicted molar refractivity (Wildman–Crippen MR) is 111 cm³/mol. The lowest BCUT2D eigenvalue weighted by Crippen LogP contribution is -2.46. The zero-order valence-electron chi connectivity index (χ0n) is 15.0. The Hall–Kier alpha value is -1.87. The Kier molecular flexibility index (Phi) is 3.47. The highest BCUT2D eigenvalue weighted by Gasteiger charge is 2.47. The molecule has 0 unspecified atom stereocenters. The molecule has 136 valence electrons. The number of rotatable bonds is 1. The van der Waals surface area contributed by atoms with Gasteiger partial charge in [0.15, 0.2) is 0 Å². The first-order valence-corrected chi connectivity index (χ1v) is 10.7. The Bertz CT molecular complexity index is 959. The van der Waals surface area contributed by atoms with Crippen molar-refractivity contribution < 1.29 is 4.39 Å². The highest BCUT2D eigenvalue weighted by molar-refractivity contribution is 9.10. The Labute approximate surface area is 167 Å². The van der Waals surface area contributed by atoms with Crippen LogP contribution in [0.25, 0.3) is 0 Å². The number of nitrogens with zero attached hydrogens (tertiary/aromatic N) is 1. The maximum Gasteiger partial charge on any atom is 0.123 e. The van der Waals surface area contributed by atoms with E-state index in [9.17, 15) is 4.39 Å². The largest absolute Gasteiger partial charge is 0.363 e. The monoisotopic (exact) mass is 421 g/mol. The van der Waals surface area contributed by atoms with Crippen molar-refractivity contribution in [2.45, 2.75) is 30.7 Å². The number of anilines is 1. The molecule has 1 nitrogen and oxygen atoms in total. The Balaban J connectivity index is 1.59. The molecule has 0 spiro atoms.